The molecule has 1 aliphatic heterocycles. The number of carbonyl (C=O) groups excluding carboxylic acids is 1. The second-order valence-corrected chi connectivity index (χ2v) is 6.45. The molecule has 2 unspecified atom stereocenters. The van der Waals surface area contributed by atoms with Crippen LogP contribution >= 0.6 is 11.8 Å². The van der Waals surface area contributed by atoms with E-state index in [-0.39, 0.29) is 23.7 Å². The number of thioether (sulfide) groups is 1. The molecular formula is C16H20FN5OS. The van der Waals surface area contributed by atoms with Gasteiger partial charge in [-0.3, -0.25) is 10.2 Å². The number of imidazole rings is 1. The molecule has 1 aromatic carbocycles. The van der Waals surface area contributed by atoms with Crippen molar-refractivity contribution in [3.63, 3.8) is 0 Å². The molecule has 0 radical (unpaired) electrons. The molecule has 1 saturated heterocycles. The lowest BCUT2D eigenvalue weighted by Gasteiger charge is -2.18. The Balaban J connectivity index is 1.66. The Labute approximate surface area is 144 Å². The van der Waals surface area contributed by atoms with Crippen molar-refractivity contribution in [2.24, 2.45) is 13.0 Å². The van der Waals surface area contributed by atoms with Gasteiger partial charge in [0.2, 0.25) is 5.91 Å². The zero-order chi connectivity index (χ0) is 17.1. The van der Waals surface area contributed by atoms with Crippen LogP contribution in [0.1, 0.15) is 17.3 Å². The zero-order valence-corrected chi connectivity index (χ0v) is 14.4. The van der Waals surface area contributed by atoms with Crippen LogP contribution in [0.25, 0.3) is 0 Å². The predicted molar refractivity (Wildman–Crippen MR) is 90.6 cm³/mol. The molecule has 2 atom stereocenters. The molecule has 2 heterocycles. The number of nitrogens with one attached hydrogen (secondary N) is 3. The van der Waals surface area contributed by atoms with E-state index in [9.17, 15) is 9.18 Å². The van der Waals surface area contributed by atoms with Crippen molar-refractivity contribution in [3.8, 4) is 0 Å². The highest BCUT2D eigenvalue weighted by Gasteiger charge is 2.34. The molecule has 0 saturated carbocycles. The minimum atomic E-state index is -0.306. The van der Waals surface area contributed by atoms with Gasteiger partial charge in [-0.2, -0.15) is 0 Å². The van der Waals surface area contributed by atoms with E-state index in [0.29, 0.717) is 13.1 Å². The van der Waals surface area contributed by atoms with E-state index >= 15 is 0 Å². The summed E-state index contributed by atoms with van der Waals surface area (Å²) < 4.78 is 15.4. The molecule has 1 aliphatic rings. The molecule has 6 nitrogen and oxygen atoms in total. The first-order chi connectivity index (χ1) is 11.6. The van der Waals surface area contributed by atoms with Crippen molar-refractivity contribution < 1.29 is 9.18 Å². The van der Waals surface area contributed by atoms with Gasteiger partial charge in [-0.1, -0.05) is 23.9 Å². The molecular weight excluding hydrogens is 329 g/mol. The van der Waals surface area contributed by atoms with Gasteiger partial charge in [0.15, 0.2) is 5.16 Å². The zero-order valence-electron chi connectivity index (χ0n) is 13.5. The summed E-state index contributed by atoms with van der Waals surface area (Å²) in [5, 5.41) is 3.85. The lowest BCUT2D eigenvalue weighted by Crippen LogP contribution is -2.35. The molecule has 1 aromatic heterocycles. The number of hydrogen-bond acceptors (Lipinski definition) is 5. The number of aromatic nitrogens is 2. The van der Waals surface area contributed by atoms with Crippen molar-refractivity contribution in [3.05, 3.63) is 47.5 Å². The minimum absolute atomic E-state index is 0.0753. The Bertz CT molecular complexity index is 735. The normalized spacial score (nSPS) is 20.3. The highest BCUT2D eigenvalue weighted by atomic mass is 32.2. The van der Waals surface area contributed by atoms with Gasteiger partial charge in [0.05, 0.1) is 30.4 Å². The van der Waals surface area contributed by atoms with E-state index in [1.807, 2.05) is 23.9 Å². The van der Waals surface area contributed by atoms with Gasteiger partial charge in [0.1, 0.15) is 5.82 Å². The number of amides is 1. The van der Waals surface area contributed by atoms with E-state index in [1.165, 1.54) is 12.1 Å². The van der Waals surface area contributed by atoms with Gasteiger partial charge in [-0.15, -0.1) is 0 Å². The average molecular weight is 349 g/mol. The van der Waals surface area contributed by atoms with E-state index in [4.69, 9.17) is 0 Å². The maximum Gasteiger partial charge on any atom is 0.226 e. The molecule has 1 amide bonds. The Kier molecular flexibility index (Phi) is 5.17. The molecule has 0 aliphatic carbocycles. The fourth-order valence-corrected chi connectivity index (χ4v) is 3.39. The topological polar surface area (TPSA) is 71.0 Å². The Morgan fingerprint density at radius 1 is 1.54 bits per heavy atom. The average Bonchev–Trinajstić information content (AvgIpc) is 3.19. The van der Waals surface area contributed by atoms with Crippen LogP contribution in [0.2, 0.25) is 0 Å². The largest absolute Gasteiger partial charge is 0.350 e. The summed E-state index contributed by atoms with van der Waals surface area (Å²) in [4.78, 5) is 16.8. The molecule has 2 aromatic rings. The lowest BCUT2D eigenvalue weighted by molar-refractivity contribution is -0.125. The number of halogens is 1. The van der Waals surface area contributed by atoms with Crippen molar-refractivity contribution >= 4 is 17.7 Å². The van der Waals surface area contributed by atoms with Crippen LogP contribution in [-0.4, -0.2) is 28.3 Å². The summed E-state index contributed by atoms with van der Waals surface area (Å²) in [6.07, 6.45) is 3.73. The number of benzene rings is 1. The van der Waals surface area contributed by atoms with Crippen molar-refractivity contribution in [1.82, 2.24) is 25.7 Å². The van der Waals surface area contributed by atoms with E-state index in [0.717, 1.165) is 16.4 Å². The summed E-state index contributed by atoms with van der Waals surface area (Å²) >= 11 is 1.56. The van der Waals surface area contributed by atoms with Gasteiger partial charge in [-0.25, -0.2) is 14.8 Å². The Hall–Kier alpha value is -1.90. The van der Waals surface area contributed by atoms with Crippen LogP contribution in [0, 0.1) is 11.7 Å². The summed E-state index contributed by atoms with van der Waals surface area (Å²) in [7, 11) is 1.93. The SMILES string of the molecule is CSc1ncc(CNC(=O)C2CNNC2c2cccc(F)c2)n1C. The highest BCUT2D eigenvalue weighted by Crippen LogP contribution is 2.25. The second-order valence-electron chi connectivity index (χ2n) is 5.68. The van der Waals surface area contributed by atoms with Gasteiger partial charge in [0, 0.05) is 13.6 Å². The van der Waals surface area contributed by atoms with Crippen LogP contribution in [0.5, 0.6) is 0 Å². The first-order valence-electron chi connectivity index (χ1n) is 7.66. The first kappa shape index (κ1) is 16.9. The standard InChI is InChI=1S/C16H20FN5OS/c1-22-12(8-19-16(22)24-2)7-18-15(23)13-9-20-21-14(13)10-4-3-5-11(17)6-10/h3-6,8,13-14,20-21H,7,9H2,1-2H3,(H,18,23). The maximum absolute atomic E-state index is 13.4. The van der Waals surface area contributed by atoms with Crippen LogP contribution in [0.4, 0.5) is 4.39 Å². The number of hydrogen-bond donors (Lipinski definition) is 3. The summed E-state index contributed by atoms with van der Waals surface area (Å²) in [6.45, 7) is 0.906. The maximum atomic E-state index is 13.4. The van der Waals surface area contributed by atoms with Crippen molar-refractivity contribution in [2.45, 2.75) is 17.7 Å². The van der Waals surface area contributed by atoms with Crippen LogP contribution in [-0.2, 0) is 18.4 Å². The van der Waals surface area contributed by atoms with Crippen molar-refractivity contribution in [2.75, 3.05) is 12.8 Å². The molecule has 24 heavy (non-hydrogen) atoms. The van der Waals surface area contributed by atoms with Crippen LogP contribution in [0.3, 0.4) is 0 Å². The number of hydrazine groups is 1. The Morgan fingerprint density at radius 2 is 2.38 bits per heavy atom. The molecule has 3 N–H and O–H groups in total. The van der Waals surface area contributed by atoms with E-state index < -0.39 is 0 Å². The molecule has 128 valence electrons. The lowest BCUT2D eigenvalue weighted by atomic mass is 9.94. The molecule has 0 bridgehead atoms. The second kappa shape index (κ2) is 7.33. The summed E-state index contributed by atoms with van der Waals surface area (Å²) in [5.41, 5.74) is 7.74. The predicted octanol–water partition coefficient (Wildman–Crippen LogP) is 1.36. The van der Waals surface area contributed by atoms with E-state index in [2.05, 4.69) is 21.2 Å². The third kappa shape index (κ3) is 3.45. The molecule has 1 fully saturated rings. The quantitative estimate of drug-likeness (QED) is 0.711. The van der Waals surface area contributed by atoms with Crippen LogP contribution < -0.4 is 16.2 Å². The fourth-order valence-electron chi connectivity index (χ4n) is 2.85. The summed E-state index contributed by atoms with van der Waals surface area (Å²) in [5.74, 6) is -0.687. The van der Waals surface area contributed by atoms with Crippen molar-refractivity contribution in [1.29, 1.82) is 0 Å². The minimum Gasteiger partial charge on any atom is -0.350 e. The third-order valence-electron chi connectivity index (χ3n) is 4.19. The van der Waals surface area contributed by atoms with Crippen LogP contribution in [0.15, 0.2) is 35.6 Å². The molecule has 0 spiro atoms. The number of carbonyl (C=O) groups is 1. The first-order valence-corrected chi connectivity index (χ1v) is 8.88. The highest BCUT2D eigenvalue weighted by molar-refractivity contribution is 7.98. The van der Waals surface area contributed by atoms with Gasteiger partial charge >= 0.3 is 0 Å². The van der Waals surface area contributed by atoms with E-state index in [1.54, 1.807) is 24.0 Å². The van der Waals surface area contributed by atoms with Gasteiger partial charge in [-0.05, 0) is 24.0 Å². The monoisotopic (exact) mass is 349 g/mol. The summed E-state index contributed by atoms with van der Waals surface area (Å²) in [6, 6.07) is 6.07. The molecule has 3 rings (SSSR count). The third-order valence-corrected chi connectivity index (χ3v) is 4.94. The molecule has 8 heteroatoms. The fraction of sp³-hybridized carbons (Fsp3) is 0.375. The van der Waals surface area contributed by atoms with Gasteiger partial charge < -0.3 is 9.88 Å². The van der Waals surface area contributed by atoms with Gasteiger partial charge in [0.25, 0.3) is 0 Å². The number of rotatable bonds is 5. The number of nitrogens with zero attached hydrogens (tertiary/aromatic N) is 2. The smallest absolute Gasteiger partial charge is 0.226 e. The Morgan fingerprint density at radius 3 is 3.08 bits per heavy atom.